The number of alkyl halides is 3. The second-order valence-electron chi connectivity index (χ2n) is 6.49. The number of imidazole rings is 1. The maximum Gasteiger partial charge on any atom is 0.416 e. The summed E-state index contributed by atoms with van der Waals surface area (Å²) in [6, 6.07) is 11.7. The van der Waals surface area contributed by atoms with Crippen LogP contribution in [0.2, 0.25) is 0 Å². The lowest BCUT2D eigenvalue weighted by molar-refractivity contribution is -0.137. The van der Waals surface area contributed by atoms with Gasteiger partial charge in [0.25, 0.3) is 0 Å². The average Bonchev–Trinajstić information content (AvgIpc) is 3.12. The number of amides is 1. The third-order valence-corrected chi connectivity index (χ3v) is 4.19. The van der Waals surface area contributed by atoms with Crippen molar-refractivity contribution < 1.29 is 27.8 Å². The van der Waals surface area contributed by atoms with Crippen LogP contribution in [0.25, 0.3) is 11.0 Å². The summed E-state index contributed by atoms with van der Waals surface area (Å²) in [4.78, 5) is 19.5. The lowest BCUT2D eigenvalue weighted by Crippen LogP contribution is -2.35. The average molecular weight is 407 g/mol. The van der Waals surface area contributed by atoms with Gasteiger partial charge >= 0.3 is 6.18 Å². The van der Waals surface area contributed by atoms with Crippen LogP contribution in [-0.4, -0.2) is 40.2 Å². The highest BCUT2D eigenvalue weighted by atomic mass is 19.4. The fourth-order valence-corrected chi connectivity index (χ4v) is 2.67. The number of fused-ring (bicyclic) bond motifs is 1. The van der Waals surface area contributed by atoms with E-state index in [0.717, 1.165) is 23.2 Å². The molecule has 6 nitrogen and oxygen atoms in total. The zero-order valence-electron chi connectivity index (χ0n) is 15.4. The largest absolute Gasteiger partial charge is 0.491 e. The van der Waals surface area contributed by atoms with Gasteiger partial charge in [0.15, 0.2) is 0 Å². The van der Waals surface area contributed by atoms with Gasteiger partial charge in [0.1, 0.15) is 24.3 Å². The molecule has 29 heavy (non-hydrogen) atoms. The first-order chi connectivity index (χ1) is 13.8. The number of aromatic nitrogens is 2. The summed E-state index contributed by atoms with van der Waals surface area (Å²) in [6.07, 6.45) is -4.78. The Labute approximate surface area is 164 Å². The highest BCUT2D eigenvalue weighted by Crippen LogP contribution is 2.30. The molecule has 2 aromatic carbocycles. The Morgan fingerprint density at radius 3 is 2.59 bits per heavy atom. The van der Waals surface area contributed by atoms with Gasteiger partial charge in [-0.1, -0.05) is 12.1 Å². The van der Waals surface area contributed by atoms with Crippen molar-refractivity contribution >= 4 is 16.9 Å². The molecule has 3 rings (SSSR count). The second kappa shape index (κ2) is 8.95. The molecule has 1 heterocycles. The van der Waals surface area contributed by atoms with E-state index in [-0.39, 0.29) is 31.2 Å². The van der Waals surface area contributed by atoms with E-state index in [1.807, 2.05) is 24.3 Å². The molecule has 154 valence electrons. The number of H-pyrrole nitrogens is 1. The van der Waals surface area contributed by atoms with Gasteiger partial charge < -0.3 is 20.1 Å². The van der Waals surface area contributed by atoms with E-state index in [9.17, 15) is 23.1 Å². The van der Waals surface area contributed by atoms with Crippen LogP contribution >= 0.6 is 0 Å². The van der Waals surface area contributed by atoms with E-state index < -0.39 is 17.8 Å². The molecule has 0 radical (unpaired) electrons. The summed E-state index contributed by atoms with van der Waals surface area (Å²) in [5.74, 6) is 0.653. The van der Waals surface area contributed by atoms with Gasteiger partial charge in [0.2, 0.25) is 5.91 Å². The number of aliphatic hydroxyl groups excluding tert-OH is 1. The number of benzene rings is 2. The molecule has 1 unspecified atom stereocenters. The monoisotopic (exact) mass is 407 g/mol. The maximum absolute atomic E-state index is 12.5. The molecular weight excluding hydrogens is 387 g/mol. The first-order valence-corrected chi connectivity index (χ1v) is 9.00. The quantitative estimate of drug-likeness (QED) is 0.536. The highest BCUT2D eigenvalue weighted by molar-refractivity contribution is 5.77. The van der Waals surface area contributed by atoms with E-state index in [0.29, 0.717) is 12.2 Å². The van der Waals surface area contributed by atoms with Crippen LogP contribution in [0.4, 0.5) is 13.2 Å². The number of aromatic amines is 1. The summed E-state index contributed by atoms with van der Waals surface area (Å²) < 4.78 is 42.8. The van der Waals surface area contributed by atoms with E-state index in [4.69, 9.17) is 4.74 Å². The van der Waals surface area contributed by atoms with Gasteiger partial charge in [-0.3, -0.25) is 4.79 Å². The molecule has 0 aliphatic carbocycles. The molecule has 0 aliphatic rings. The number of halogens is 3. The van der Waals surface area contributed by atoms with Crippen LogP contribution in [0.1, 0.15) is 17.8 Å². The lowest BCUT2D eigenvalue weighted by atomic mass is 10.2. The molecule has 3 N–H and O–H groups in total. The Balaban J connectivity index is 1.37. The normalized spacial score (nSPS) is 12.7. The fourth-order valence-electron chi connectivity index (χ4n) is 2.67. The standard InChI is InChI=1S/C20H20F3N3O3/c21-20(22,23)13-5-7-15(8-6-13)29-12-14(27)11-24-19(28)10-9-18-25-16-3-1-2-4-17(16)26-18/h1-8,14,27H,9-12H2,(H,24,28)(H,25,26). The van der Waals surface area contributed by atoms with Crippen molar-refractivity contribution in [3.8, 4) is 5.75 Å². The number of hydrogen-bond donors (Lipinski definition) is 3. The number of nitrogens with zero attached hydrogens (tertiary/aromatic N) is 1. The molecule has 1 aromatic heterocycles. The van der Waals surface area contributed by atoms with E-state index in [1.165, 1.54) is 12.1 Å². The Morgan fingerprint density at radius 2 is 1.90 bits per heavy atom. The van der Waals surface area contributed by atoms with E-state index in [2.05, 4.69) is 15.3 Å². The van der Waals surface area contributed by atoms with Crippen molar-refractivity contribution in [3.63, 3.8) is 0 Å². The molecule has 0 bridgehead atoms. The summed E-state index contributed by atoms with van der Waals surface area (Å²) in [6.45, 7) is -0.186. The van der Waals surface area contributed by atoms with Gasteiger partial charge in [-0.25, -0.2) is 4.98 Å². The van der Waals surface area contributed by atoms with Crippen LogP contribution in [0.5, 0.6) is 5.75 Å². The number of para-hydroxylation sites is 2. The van der Waals surface area contributed by atoms with Crippen molar-refractivity contribution in [2.24, 2.45) is 0 Å². The van der Waals surface area contributed by atoms with Crippen molar-refractivity contribution in [1.29, 1.82) is 0 Å². The number of carbonyl (C=O) groups is 1. The maximum atomic E-state index is 12.5. The minimum atomic E-state index is -4.41. The topological polar surface area (TPSA) is 87.2 Å². The van der Waals surface area contributed by atoms with Crippen molar-refractivity contribution in [2.75, 3.05) is 13.2 Å². The smallest absolute Gasteiger partial charge is 0.416 e. The van der Waals surface area contributed by atoms with Gasteiger partial charge in [-0.05, 0) is 36.4 Å². The third-order valence-electron chi connectivity index (χ3n) is 4.19. The predicted octanol–water partition coefficient (Wildman–Crippen LogP) is 3.07. The third kappa shape index (κ3) is 5.95. The van der Waals surface area contributed by atoms with Gasteiger partial charge in [-0.2, -0.15) is 13.2 Å². The van der Waals surface area contributed by atoms with Gasteiger partial charge in [-0.15, -0.1) is 0 Å². The van der Waals surface area contributed by atoms with Crippen molar-refractivity contribution in [3.05, 3.63) is 59.9 Å². The molecule has 1 atom stereocenters. The fraction of sp³-hybridized carbons (Fsp3) is 0.300. The van der Waals surface area contributed by atoms with E-state index >= 15 is 0 Å². The number of aliphatic hydroxyl groups is 1. The summed E-state index contributed by atoms with van der Waals surface area (Å²) in [5.41, 5.74) is 0.958. The Morgan fingerprint density at radius 1 is 1.17 bits per heavy atom. The zero-order chi connectivity index (χ0) is 20.9. The van der Waals surface area contributed by atoms with Crippen molar-refractivity contribution in [1.82, 2.24) is 15.3 Å². The zero-order valence-corrected chi connectivity index (χ0v) is 15.4. The SMILES string of the molecule is O=C(CCc1nc2ccccc2[nH]1)NCC(O)COc1ccc(C(F)(F)F)cc1. The van der Waals surface area contributed by atoms with Crippen molar-refractivity contribution in [2.45, 2.75) is 25.1 Å². The minimum absolute atomic E-state index is 0.0282. The Hall–Kier alpha value is -3.07. The number of aryl methyl sites for hydroxylation is 1. The highest BCUT2D eigenvalue weighted by Gasteiger charge is 2.30. The molecule has 0 saturated carbocycles. The van der Waals surface area contributed by atoms with E-state index in [1.54, 1.807) is 0 Å². The van der Waals surface area contributed by atoms with Crippen LogP contribution in [0, 0.1) is 0 Å². The molecule has 0 aliphatic heterocycles. The molecule has 3 aromatic rings. The van der Waals surface area contributed by atoms with Crippen LogP contribution < -0.4 is 10.1 Å². The molecule has 9 heteroatoms. The van der Waals surface area contributed by atoms with Crippen LogP contribution in [0.15, 0.2) is 48.5 Å². The first-order valence-electron chi connectivity index (χ1n) is 9.00. The molecule has 1 amide bonds. The van der Waals surface area contributed by atoms with Crippen LogP contribution in [-0.2, 0) is 17.4 Å². The van der Waals surface area contributed by atoms with Gasteiger partial charge in [0.05, 0.1) is 16.6 Å². The minimum Gasteiger partial charge on any atom is -0.491 e. The number of ether oxygens (including phenoxy) is 1. The Bertz CT molecular complexity index is 922. The molecular formula is C20H20F3N3O3. The number of nitrogens with one attached hydrogen (secondary N) is 2. The Kier molecular flexibility index (Phi) is 6.38. The second-order valence-corrected chi connectivity index (χ2v) is 6.49. The molecule has 0 spiro atoms. The number of rotatable bonds is 8. The number of carbonyl (C=O) groups excluding carboxylic acids is 1. The van der Waals surface area contributed by atoms with Crippen LogP contribution in [0.3, 0.4) is 0 Å². The lowest BCUT2D eigenvalue weighted by Gasteiger charge is -2.14. The summed E-state index contributed by atoms with van der Waals surface area (Å²) >= 11 is 0. The molecule has 0 saturated heterocycles. The van der Waals surface area contributed by atoms with Gasteiger partial charge in [0, 0.05) is 19.4 Å². The number of hydrogen-bond acceptors (Lipinski definition) is 4. The first kappa shape index (κ1) is 20.7. The predicted molar refractivity (Wildman–Crippen MR) is 100 cm³/mol. The summed E-state index contributed by atoms with van der Waals surface area (Å²) in [7, 11) is 0. The molecule has 0 fully saturated rings. The summed E-state index contributed by atoms with van der Waals surface area (Å²) in [5, 5.41) is 12.5.